The van der Waals surface area contributed by atoms with E-state index < -0.39 is 0 Å². The largest absolute Gasteiger partial charge is 0.309 e. The summed E-state index contributed by atoms with van der Waals surface area (Å²) in [5.74, 6) is 0. The number of aryl methyl sites for hydroxylation is 2. The lowest BCUT2D eigenvalue weighted by Gasteiger charge is -2.19. The molecule has 0 aliphatic carbocycles. The summed E-state index contributed by atoms with van der Waals surface area (Å²) >= 11 is 3.50. The van der Waals surface area contributed by atoms with E-state index in [1.807, 2.05) is 19.4 Å². The van der Waals surface area contributed by atoms with Crippen LogP contribution in [-0.2, 0) is 0 Å². The number of rotatable bonds is 3. The van der Waals surface area contributed by atoms with Gasteiger partial charge in [-0.1, -0.05) is 28.1 Å². The van der Waals surface area contributed by atoms with Crippen LogP contribution in [0.15, 0.2) is 41.1 Å². The standard InChI is InChI=1S/C15H17BrN2/c1-10-6-12(9-18-8-10)15(17-3)14-5-4-13(16)7-11(14)2/h4-9,15,17H,1-3H3. The number of nitrogens with zero attached hydrogens (tertiary/aromatic N) is 1. The van der Waals surface area contributed by atoms with Crippen LogP contribution in [0.3, 0.4) is 0 Å². The van der Waals surface area contributed by atoms with Crippen LogP contribution in [-0.4, -0.2) is 12.0 Å². The normalized spacial score (nSPS) is 12.4. The second kappa shape index (κ2) is 5.63. The van der Waals surface area contributed by atoms with E-state index in [-0.39, 0.29) is 6.04 Å². The van der Waals surface area contributed by atoms with Gasteiger partial charge in [0.1, 0.15) is 0 Å². The van der Waals surface area contributed by atoms with Crippen LogP contribution >= 0.6 is 15.9 Å². The number of aromatic nitrogens is 1. The molecular weight excluding hydrogens is 288 g/mol. The average Bonchev–Trinajstić information content (AvgIpc) is 2.33. The molecule has 2 aromatic rings. The van der Waals surface area contributed by atoms with E-state index in [1.165, 1.54) is 22.3 Å². The van der Waals surface area contributed by atoms with E-state index in [2.05, 4.69) is 64.3 Å². The van der Waals surface area contributed by atoms with E-state index in [0.29, 0.717) is 0 Å². The first kappa shape index (κ1) is 13.2. The molecule has 1 heterocycles. The van der Waals surface area contributed by atoms with Crippen LogP contribution in [0.5, 0.6) is 0 Å². The van der Waals surface area contributed by atoms with Crippen molar-refractivity contribution in [3.8, 4) is 0 Å². The summed E-state index contributed by atoms with van der Waals surface area (Å²) in [5.41, 5.74) is 4.93. The van der Waals surface area contributed by atoms with Crippen LogP contribution in [0.1, 0.15) is 28.3 Å². The highest BCUT2D eigenvalue weighted by atomic mass is 79.9. The Kier molecular flexibility index (Phi) is 4.15. The first-order valence-corrected chi connectivity index (χ1v) is 6.76. The Labute approximate surface area is 117 Å². The summed E-state index contributed by atoms with van der Waals surface area (Å²) < 4.78 is 1.11. The lowest BCUT2D eigenvalue weighted by Crippen LogP contribution is -2.19. The van der Waals surface area contributed by atoms with Gasteiger partial charge in [-0.15, -0.1) is 0 Å². The molecule has 0 saturated heterocycles. The Hall–Kier alpha value is -1.19. The SMILES string of the molecule is CNC(c1cncc(C)c1)c1ccc(Br)cc1C. The molecule has 18 heavy (non-hydrogen) atoms. The molecule has 0 spiro atoms. The Balaban J connectivity index is 2.45. The maximum Gasteiger partial charge on any atom is 0.0592 e. The molecule has 3 heteroatoms. The van der Waals surface area contributed by atoms with Crippen molar-refractivity contribution >= 4 is 15.9 Å². The fourth-order valence-corrected chi connectivity index (χ4v) is 2.68. The Bertz CT molecular complexity index is 552. The molecule has 1 unspecified atom stereocenters. The smallest absolute Gasteiger partial charge is 0.0592 e. The van der Waals surface area contributed by atoms with Crippen molar-refractivity contribution in [2.45, 2.75) is 19.9 Å². The quantitative estimate of drug-likeness (QED) is 0.933. The fourth-order valence-electron chi connectivity index (χ4n) is 2.20. The van der Waals surface area contributed by atoms with Crippen molar-refractivity contribution in [1.29, 1.82) is 0 Å². The first-order chi connectivity index (χ1) is 8.61. The maximum atomic E-state index is 4.28. The number of benzene rings is 1. The van der Waals surface area contributed by atoms with Crippen molar-refractivity contribution in [3.05, 3.63) is 63.4 Å². The number of nitrogens with one attached hydrogen (secondary N) is 1. The number of halogens is 1. The van der Waals surface area contributed by atoms with Gasteiger partial charge in [0, 0.05) is 16.9 Å². The molecule has 0 radical (unpaired) electrons. The molecule has 1 aromatic carbocycles. The molecule has 1 N–H and O–H groups in total. The topological polar surface area (TPSA) is 24.9 Å². The first-order valence-electron chi connectivity index (χ1n) is 5.96. The van der Waals surface area contributed by atoms with E-state index in [1.54, 1.807) is 0 Å². The number of pyridine rings is 1. The van der Waals surface area contributed by atoms with E-state index >= 15 is 0 Å². The van der Waals surface area contributed by atoms with Gasteiger partial charge in [-0.25, -0.2) is 0 Å². The predicted octanol–water partition coefficient (Wildman–Crippen LogP) is 3.77. The summed E-state index contributed by atoms with van der Waals surface area (Å²) in [6.07, 6.45) is 3.81. The molecular formula is C15H17BrN2. The number of hydrogen-bond donors (Lipinski definition) is 1. The molecule has 0 bridgehead atoms. The second-order valence-corrected chi connectivity index (χ2v) is 5.43. The molecule has 0 aliphatic heterocycles. The average molecular weight is 305 g/mol. The van der Waals surface area contributed by atoms with E-state index in [0.717, 1.165) is 4.47 Å². The van der Waals surface area contributed by atoms with Crippen LogP contribution in [0.25, 0.3) is 0 Å². The van der Waals surface area contributed by atoms with Gasteiger partial charge in [0.2, 0.25) is 0 Å². The molecule has 2 rings (SSSR count). The molecule has 0 aliphatic rings. The highest BCUT2D eigenvalue weighted by Crippen LogP contribution is 2.26. The van der Waals surface area contributed by atoms with Crippen LogP contribution < -0.4 is 5.32 Å². The third kappa shape index (κ3) is 2.79. The fraction of sp³-hybridized carbons (Fsp3) is 0.267. The molecule has 0 fully saturated rings. The summed E-state index contributed by atoms with van der Waals surface area (Å²) in [4.78, 5) is 4.28. The second-order valence-electron chi connectivity index (χ2n) is 4.52. The van der Waals surface area contributed by atoms with Gasteiger partial charge < -0.3 is 5.32 Å². The Morgan fingerprint density at radius 1 is 1.17 bits per heavy atom. The van der Waals surface area contributed by atoms with E-state index in [4.69, 9.17) is 0 Å². The zero-order valence-electron chi connectivity index (χ0n) is 10.9. The van der Waals surface area contributed by atoms with Crippen molar-refractivity contribution in [3.63, 3.8) is 0 Å². The Morgan fingerprint density at radius 2 is 1.94 bits per heavy atom. The monoisotopic (exact) mass is 304 g/mol. The Morgan fingerprint density at radius 3 is 2.56 bits per heavy atom. The van der Waals surface area contributed by atoms with Crippen molar-refractivity contribution < 1.29 is 0 Å². The van der Waals surface area contributed by atoms with Crippen molar-refractivity contribution in [1.82, 2.24) is 10.3 Å². The van der Waals surface area contributed by atoms with Gasteiger partial charge in [0.05, 0.1) is 6.04 Å². The molecule has 94 valence electrons. The van der Waals surface area contributed by atoms with E-state index in [9.17, 15) is 0 Å². The minimum atomic E-state index is 0.186. The van der Waals surface area contributed by atoms with Crippen molar-refractivity contribution in [2.75, 3.05) is 7.05 Å². The summed E-state index contributed by atoms with van der Waals surface area (Å²) in [5, 5.41) is 3.37. The third-order valence-corrected chi connectivity index (χ3v) is 3.55. The number of hydrogen-bond acceptors (Lipinski definition) is 2. The van der Waals surface area contributed by atoms with Gasteiger partial charge >= 0.3 is 0 Å². The zero-order chi connectivity index (χ0) is 13.1. The predicted molar refractivity (Wildman–Crippen MR) is 78.8 cm³/mol. The van der Waals surface area contributed by atoms with Gasteiger partial charge in [0.15, 0.2) is 0 Å². The van der Waals surface area contributed by atoms with Crippen LogP contribution in [0.4, 0.5) is 0 Å². The zero-order valence-corrected chi connectivity index (χ0v) is 12.5. The van der Waals surface area contributed by atoms with Crippen molar-refractivity contribution in [2.24, 2.45) is 0 Å². The lowest BCUT2D eigenvalue weighted by molar-refractivity contribution is 0.683. The molecule has 1 atom stereocenters. The summed E-state index contributed by atoms with van der Waals surface area (Å²) in [6.45, 7) is 4.20. The van der Waals surface area contributed by atoms with Gasteiger partial charge in [-0.2, -0.15) is 0 Å². The lowest BCUT2D eigenvalue weighted by atomic mass is 9.95. The van der Waals surface area contributed by atoms with Crippen LogP contribution in [0, 0.1) is 13.8 Å². The summed E-state index contributed by atoms with van der Waals surface area (Å²) in [7, 11) is 1.98. The highest BCUT2D eigenvalue weighted by molar-refractivity contribution is 9.10. The van der Waals surface area contributed by atoms with Gasteiger partial charge in [-0.3, -0.25) is 4.98 Å². The van der Waals surface area contributed by atoms with Gasteiger partial charge in [-0.05, 0) is 55.3 Å². The van der Waals surface area contributed by atoms with Gasteiger partial charge in [0.25, 0.3) is 0 Å². The van der Waals surface area contributed by atoms with Crippen LogP contribution in [0.2, 0.25) is 0 Å². The minimum absolute atomic E-state index is 0.186. The highest BCUT2D eigenvalue weighted by Gasteiger charge is 2.14. The molecule has 0 saturated carbocycles. The third-order valence-electron chi connectivity index (χ3n) is 3.06. The maximum absolute atomic E-state index is 4.28. The minimum Gasteiger partial charge on any atom is -0.309 e. The molecule has 2 nitrogen and oxygen atoms in total. The molecule has 1 aromatic heterocycles. The summed E-state index contributed by atoms with van der Waals surface area (Å²) in [6, 6.07) is 8.74. The molecule has 0 amide bonds.